The topological polar surface area (TPSA) is 92.6 Å². The van der Waals surface area contributed by atoms with Gasteiger partial charge < -0.3 is 5.32 Å². The minimum absolute atomic E-state index is 0.0912. The Hall–Kier alpha value is -4.26. The first kappa shape index (κ1) is 21.0. The van der Waals surface area contributed by atoms with Gasteiger partial charge in [0.05, 0.1) is 16.2 Å². The number of benzene rings is 3. The minimum atomic E-state index is -0.506. The summed E-state index contributed by atoms with van der Waals surface area (Å²) in [6, 6.07) is 20.3. The fourth-order valence-corrected chi connectivity index (χ4v) is 3.63. The second-order valence-corrected chi connectivity index (χ2v) is 7.46. The van der Waals surface area contributed by atoms with E-state index in [2.05, 4.69) is 5.32 Å². The van der Waals surface area contributed by atoms with E-state index in [1.807, 2.05) is 50.2 Å². The van der Waals surface area contributed by atoms with E-state index >= 15 is 0 Å². The van der Waals surface area contributed by atoms with Gasteiger partial charge in [0.25, 0.3) is 17.5 Å². The number of anilines is 2. The summed E-state index contributed by atoms with van der Waals surface area (Å²) in [5.74, 6) is -0.958. The summed E-state index contributed by atoms with van der Waals surface area (Å²) >= 11 is 0. The number of imide groups is 1. The van der Waals surface area contributed by atoms with Crippen LogP contribution in [0.15, 0.2) is 78.5 Å². The highest BCUT2D eigenvalue weighted by molar-refractivity contribution is 6.46. The summed E-state index contributed by atoms with van der Waals surface area (Å²) in [6.07, 6.45) is 0.842. The number of non-ortho nitro benzene ring substituents is 1. The van der Waals surface area contributed by atoms with E-state index in [0.717, 1.165) is 22.4 Å². The number of nitro groups is 1. The monoisotopic (exact) mass is 427 g/mol. The highest BCUT2D eigenvalue weighted by Crippen LogP contribution is 2.35. The molecule has 2 amide bonds. The first-order chi connectivity index (χ1) is 15.4. The Bertz CT molecular complexity index is 1240. The lowest BCUT2D eigenvalue weighted by atomic mass is 10.0. The van der Waals surface area contributed by atoms with Crippen LogP contribution in [0.4, 0.5) is 17.1 Å². The fourth-order valence-electron chi connectivity index (χ4n) is 3.63. The predicted octanol–water partition coefficient (Wildman–Crippen LogP) is 4.86. The molecule has 32 heavy (non-hydrogen) atoms. The van der Waals surface area contributed by atoms with Gasteiger partial charge in [-0.3, -0.25) is 19.7 Å². The number of nitrogens with zero attached hydrogens (tertiary/aromatic N) is 2. The van der Waals surface area contributed by atoms with Crippen LogP contribution >= 0.6 is 0 Å². The number of rotatable bonds is 6. The van der Waals surface area contributed by atoms with Crippen LogP contribution in [0.3, 0.4) is 0 Å². The van der Waals surface area contributed by atoms with E-state index in [0.29, 0.717) is 16.9 Å². The van der Waals surface area contributed by atoms with Gasteiger partial charge in [-0.1, -0.05) is 37.3 Å². The lowest BCUT2D eigenvalue weighted by molar-refractivity contribution is -0.384. The second kappa shape index (κ2) is 8.47. The molecule has 0 unspecified atom stereocenters. The maximum atomic E-state index is 13.4. The summed E-state index contributed by atoms with van der Waals surface area (Å²) in [7, 11) is 0. The van der Waals surface area contributed by atoms with Crippen molar-refractivity contribution in [3.63, 3.8) is 0 Å². The number of para-hydroxylation sites is 1. The Morgan fingerprint density at radius 1 is 0.906 bits per heavy atom. The average Bonchev–Trinajstić information content (AvgIpc) is 3.04. The molecule has 1 aliphatic heterocycles. The van der Waals surface area contributed by atoms with Gasteiger partial charge in [0, 0.05) is 17.8 Å². The van der Waals surface area contributed by atoms with Gasteiger partial charge >= 0.3 is 0 Å². The number of hydrogen-bond donors (Lipinski definition) is 1. The number of nitro benzene ring substituents is 1. The normalized spacial score (nSPS) is 13.6. The van der Waals surface area contributed by atoms with Crippen molar-refractivity contribution >= 4 is 34.4 Å². The van der Waals surface area contributed by atoms with E-state index in [1.165, 1.54) is 24.3 Å². The molecule has 0 aromatic heterocycles. The van der Waals surface area contributed by atoms with Gasteiger partial charge in [0.15, 0.2) is 0 Å². The van der Waals surface area contributed by atoms with Crippen molar-refractivity contribution in [1.29, 1.82) is 0 Å². The van der Waals surface area contributed by atoms with E-state index in [4.69, 9.17) is 0 Å². The number of carbonyl (C=O) groups is 2. The molecule has 0 saturated heterocycles. The number of aryl methyl sites for hydroxylation is 2. The fraction of sp³-hybridized carbons (Fsp3) is 0.120. The molecular formula is C25H21N3O4. The van der Waals surface area contributed by atoms with Crippen LogP contribution in [-0.2, 0) is 16.0 Å². The Kier molecular flexibility index (Phi) is 5.55. The molecule has 0 aliphatic carbocycles. The molecule has 0 saturated carbocycles. The van der Waals surface area contributed by atoms with Gasteiger partial charge in [-0.25, -0.2) is 4.90 Å². The highest BCUT2D eigenvalue weighted by atomic mass is 16.6. The zero-order valence-electron chi connectivity index (χ0n) is 17.7. The van der Waals surface area contributed by atoms with Crippen LogP contribution in [-0.4, -0.2) is 16.7 Å². The largest absolute Gasteiger partial charge is 0.350 e. The van der Waals surface area contributed by atoms with E-state index in [9.17, 15) is 19.7 Å². The van der Waals surface area contributed by atoms with E-state index in [-0.39, 0.29) is 17.0 Å². The van der Waals surface area contributed by atoms with Crippen molar-refractivity contribution in [3.8, 4) is 0 Å². The molecule has 7 nitrogen and oxygen atoms in total. The minimum Gasteiger partial charge on any atom is -0.350 e. The molecule has 0 spiro atoms. The highest BCUT2D eigenvalue weighted by Gasteiger charge is 2.40. The van der Waals surface area contributed by atoms with Crippen LogP contribution in [0, 0.1) is 17.0 Å². The zero-order valence-corrected chi connectivity index (χ0v) is 17.7. The van der Waals surface area contributed by atoms with Gasteiger partial charge in [0.2, 0.25) is 0 Å². The Balaban J connectivity index is 1.81. The van der Waals surface area contributed by atoms with Gasteiger partial charge in [-0.2, -0.15) is 0 Å². The molecular weight excluding hydrogens is 406 g/mol. The molecule has 7 heteroatoms. The third-order valence-corrected chi connectivity index (χ3v) is 5.46. The van der Waals surface area contributed by atoms with Crippen molar-refractivity contribution < 1.29 is 14.5 Å². The first-order valence-electron chi connectivity index (χ1n) is 10.2. The number of nitrogens with one attached hydrogen (secondary N) is 1. The lowest BCUT2D eigenvalue weighted by Gasteiger charge is -2.16. The molecule has 1 N–H and O–H groups in total. The smallest absolute Gasteiger partial charge is 0.282 e. The van der Waals surface area contributed by atoms with Crippen LogP contribution in [0.2, 0.25) is 0 Å². The number of amides is 2. The zero-order chi connectivity index (χ0) is 22.8. The van der Waals surface area contributed by atoms with Crippen LogP contribution in [0.25, 0.3) is 5.57 Å². The Morgan fingerprint density at radius 2 is 1.56 bits per heavy atom. The van der Waals surface area contributed by atoms with Gasteiger partial charge in [-0.15, -0.1) is 0 Å². The van der Waals surface area contributed by atoms with Crippen molar-refractivity contribution in [2.45, 2.75) is 20.3 Å². The lowest BCUT2D eigenvalue weighted by Crippen LogP contribution is -2.32. The molecule has 0 bridgehead atoms. The maximum absolute atomic E-state index is 13.4. The van der Waals surface area contributed by atoms with Crippen LogP contribution in [0.1, 0.15) is 23.6 Å². The molecule has 0 atom stereocenters. The third kappa shape index (κ3) is 3.76. The molecule has 4 rings (SSSR count). The number of carbonyl (C=O) groups excluding carboxylic acids is 2. The molecule has 0 fully saturated rings. The van der Waals surface area contributed by atoms with Crippen molar-refractivity contribution in [2.75, 3.05) is 10.2 Å². The molecule has 0 radical (unpaired) electrons. The van der Waals surface area contributed by atoms with E-state index < -0.39 is 16.7 Å². The summed E-state index contributed by atoms with van der Waals surface area (Å²) in [4.78, 5) is 38.5. The summed E-state index contributed by atoms with van der Waals surface area (Å²) < 4.78 is 0. The second-order valence-electron chi connectivity index (χ2n) is 7.46. The SMILES string of the molecule is CCc1ccc(N2C(=O)C(Nc3ccccc3C)=C(c3ccc([N+](=O)[O-])cc3)C2=O)cc1. The molecule has 3 aromatic carbocycles. The third-order valence-electron chi connectivity index (χ3n) is 5.46. The summed E-state index contributed by atoms with van der Waals surface area (Å²) in [5, 5.41) is 14.2. The van der Waals surface area contributed by atoms with Gasteiger partial charge in [-0.05, 0) is 60.4 Å². The standard InChI is InChI=1S/C25H21N3O4/c1-3-17-8-12-19(13-9-17)27-24(29)22(18-10-14-20(15-11-18)28(31)32)23(25(27)30)26-21-7-5-4-6-16(21)2/h4-15,26H,3H2,1-2H3. The molecule has 1 heterocycles. The van der Waals surface area contributed by atoms with Crippen molar-refractivity contribution in [3.05, 3.63) is 105 Å². The van der Waals surface area contributed by atoms with Crippen LogP contribution in [0.5, 0.6) is 0 Å². The van der Waals surface area contributed by atoms with Crippen molar-refractivity contribution in [2.24, 2.45) is 0 Å². The van der Waals surface area contributed by atoms with E-state index in [1.54, 1.807) is 12.1 Å². The van der Waals surface area contributed by atoms with Gasteiger partial charge in [0.1, 0.15) is 5.70 Å². The molecule has 1 aliphatic rings. The predicted molar refractivity (Wildman–Crippen MR) is 123 cm³/mol. The molecule has 3 aromatic rings. The Labute approximate surface area is 185 Å². The maximum Gasteiger partial charge on any atom is 0.282 e. The summed E-state index contributed by atoms with van der Waals surface area (Å²) in [5.41, 5.74) is 3.82. The Morgan fingerprint density at radius 3 is 2.16 bits per heavy atom. The number of hydrogen-bond acceptors (Lipinski definition) is 5. The summed E-state index contributed by atoms with van der Waals surface area (Å²) in [6.45, 7) is 3.93. The average molecular weight is 427 g/mol. The molecule has 160 valence electrons. The van der Waals surface area contributed by atoms with Crippen LogP contribution < -0.4 is 10.2 Å². The first-order valence-corrected chi connectivity index (χ1v) is 10.2. The van der Waals surface area contributed by atoms with Crippen molar-refractivity contribution in [1.82, 2.24) is 0 Å². The quantitative estimate of drug-likeness (QED) is 0.344.